The molecule has 4 heteroatoms. The largest absolute Gasteiger partial charge is 0.336 e. The van der Waals surface area contributed by atoms with Crippen LogP contribution in [0.15, 0.2) is 18.2 Å². The third-order valence-corrected chi connectivity index (χ3v) is 1.98. The molecule has 1 rings (SSSR count). The zero-order chi connectivity index (χ0) is 12.3. The number of carbonyl (C=O) groups excluding carboxylic acids is 1. The predicted octanol–water partition coefficient (Wildman–Crippen LogP) is 2.11. The topological polar surface area (TPSA) is 29.1 Å². The maximum absolute atomic E-state index is 13.2. The van der Waals surface area contributed by atoms with Crippen molar-refractivity contribution in [3.63, 3.8) is 0 Å². The Bertz CT molecular complexity index is 461. The number of benzene rings is 1. The molecule has 1 aromatic carbocycles. The van der Waals surface area contributed by atoms with E-state index in [-0.39, 0.29) is 5.56 Å². The first kappa shape index (κ1) is 12.2. The summed E-state index contributed by atoms with van der Waals surface area (Å²) < 4.78 is 26.1. The molecule has 0 aliphatic rings. The highest BCUT2D eigenvalue weighted by molar-refractivity contribution is 5.95. The van der Waals surface area contributed by atoms with Crippen molar-refractivity contribution in [3.8, 4) is 12.3 Å². The van der Waals surface area contributed by atoms with Crippen molar-refractivity contribution in [1.82, 2.24) is 5.32 Å². The average molecular weight is 223 g/mol. The standard InChI is InChI=1S/C12H11F2NO/c1-4-12(2,3)15-11(16)8-6-5-7-9(13)10(8)14/h1,5-7H,2-3H3,(H,15,16). The third kappa shape index (κ3) is 2.57. The number of hydrogen-bond donors (Lipinski definition) is 1. The van der Waals surface area contributed by atoms with Gasteiger partial charge in [0.15, 0.2) is 11.6 Å². The van der Waals surface area contributed by atoms with Crippen molar-refractivity contribution >= 4 is 5.91 Å². The van der Waals surface area contributed by atoms with Crippen molar-refractivity contribution < 1.29 is 13.6 Å². The molecule has 0 atom stereocenters. The van der Waals surface area contributed by atoms with Gasteiger partial charge in [0.1, 0.15) is 0 Å². The zero-order valence-electron chi connectivity index (χ0n) is 8.97. The Balaban J connectivity index is 2.99. The minimum atomic E-state index is -1.17. The van der Waals surface area contributed by atoms with Crippen LogP contribution >= 0.6 is 0 Å². The fourth-order valence-corrected chi connectivity index (χ4v) is 1.07. The summed E-state index contributed by atoms with van der Waals surface area (Å²) in [5.41, 5.74) is -1.26. The molecule has 0 aliphatic carbocycles. The zero-order valence-corrected chi connectivity index (χ0v) is 8.97. The van der Waals surface area contributed by atoms with Crippen LogP contribution < -0.4 is 5.32 Å². The molecular weight excluding hydrogens is 212 g/mol. The number of carbonyl (C=O) groups is 1. The van der Waals surface area contributed by atoms with Crippen molar-refractivity contribution in [2.75, 3.05) is 0 Å². The number of nitrogens with one attached hydrogen (secondary N) is 1. The number of terminal acetylenes is 1. The fraction of sp³-hybridized carbons (Fsp3) is 0.250. The van der Waals surface area contributed by atoms with Crippen molar-refractivity contribution in [3.05, 3.63) is 35.4 Å². The van der Waals surface area contributed by atoms with E-state index in [1.165, 1.54) is 12.1 Å². The number of amides is 1. The SMILES string of the molecule is C#CC(C)(C)NC(=O)c1cccc(F)c1F. The van der Waals surface area contributed by atoms with Gasteiger partial charge >= 0.3 is 0 Å². The third-order valence-electron chi connectivity index (χ3n) is 1.98. The molecular formula is C12H11F2NO. The van der Waals surface area contributed by atoms with Crippen LogP contribution in [0.4, 0.5) is 8.78 Å². The first-order valence-electron chi connectivity index (χ1n) is 4.61. The molecule has 0 saturated carbocycles. The van der Waals surface area contributed by atoms with Crippen LogP contribution in [-0.2, 0) is 0 Å². The number of hydrogen-bond acceptors (Lipinski definition) is 1. The lowest BCUT2D eigenvalue weighted by Gasteiger charge is -2.19. The van der Waals surface area contributed by atoms with E-state index in [4.69, 9.17) is 6.42 Å². The van der Waals surface area contributed by atoms with Gasteiger partial charge in [0.25, 0.3) is 5.91 Å². The molecule has 1 N–H and O–H groups in total. The lowest BCUT2D eigenvalue weighted by atomic mass is 10.1. The van der Waals surface area contributed by atoms with Crippen LogP contribution in [0.1, 0.15) is 24.2 Å². The van der Waals surface area contributed by atoms with E-state index in [9.17, 15) is 13.6 Å². The second-order valence-electron chi connectivity index (χ2n) is 3.82. The van der Waals surface area contributed by atoms with Gasteiger partial charge in [-0.2, -0.15) is 0 Å². The lowest BCUT2D eigenvalue weighted by molar-refractivity contribution is 0.0924. The van der Waals surface area contributed by atoms with Crippen LogP contribution in [0.5, 0.6) is 0 Å². The van der Waals surface area contributed by atoms with E-state index in [1.807, 2.05) is 0 Å². The summed E-state index contributed by atoms with van der Waals surface area (Å²) in [6, 6.07) is 3.40. The van der Waals surface area contributed by atoms with Gasteiger partial charge in [-0.3, -0.25) is 4.79 Å². The molecule has 1 aromatic rings. The first-order valence-corrected chi connectivity index (χ1v) is 4.61. The van der Waals surface area contributed by atoms with Gasteiger partial charge in [0.2, 0.25) is 0 Å². The molecule has 84 valence electrons. The molecule has 2 nitrogen and oxygen atoms in total. The molecule has 0 heterocycles. The van der Waals surface area contributed by atoms with E-state index >= 15 is 0 Å². The summed E-state index contributed by atoms with van der Waals surface area (Å²) in [6.45, 7) is 3.17. The Hall–Kier alpha value is -1.89. The molecule has 16 heavy (non-hydrogen) atoms. The minimum absolute atomic E-state index is 0.358. The molecule has 0 fully saturated rings. The molecule has 0 aromatic heterocycles. The average Bonchev–Trinajstić information content (AvgIpc) is 2.21. The second-order valence-corrected chi connectivity index (χ2v) is 3.82. The van der Waals surface area contributed by atoms with Crippen LogP contribution in [0.3, 0.4) is 0 Å². The van der Waals surface area contributed by atoms with Gasteiger partial charge in [0, 0.05) is 0 Å². The summed E-state index contributed by atoms with van der Waals surface area (Å²) in [4.78, 5) is 11.6. The van der Waals surface area contributed by atoms with E-state index in [2.05, 4.69) is 11.2 Å². The summed E-state index contributed by atoms with van der Waals surface area (Å²) in [5, 5.41) is 2.41. The van der Waals surface area contributed by atoms with Crippen LogP contribution in [0.25, 0.3) is 0 Å². The Labute approximate surface area is 92.7 Å². The lowest BCUT2D eigenvalue weighted by Crippen LogP contribution is -2.42. The smallest absolute Gasteiger partial charge is 0.255 e. The molecule has 0 bridgehead atoms. The Morgan fingerprint density at radius 2 is 2.06 bits per heavy atom. The van der Waals surface area contributed by atoms with Gasteiger partial charge < -0.3 is 5.32 Å². The van der Waals surface area contributed by atoms with Crippen molar-refractivity contribution in [2.45, 2.75) is 19.4 Å². The van der Waals surface area contributed by atoms with Crippen molar-refractivity contribution in [2.24, 2.45) is 0 Å². The second kappa shape index (κ2) is 4.31. The highest BCUT2D eigenvalue weighted by atomic mass is 19.2. The van der Waals surface area contributed by atoms with Gasteiger partial charge in [0.05, 0.1) is 11.1 Å². The van der Waals surface area contributed by atoms with E-state index in [0.717, 1.165) is 6.07 Å². The van der Waals surface area contributed by atoms with E-state index < -0.39 is 23.1 Å². The monoisotopic (exact) mass is 223 g/mol. The van der Waals surface area contributed by atoms with Gasteiger partial charge in [-0.25, -0.2) is 8.78 Å². The first-order chi connectivity index (χ1) is 7.37. The Morgan fingerprint density at radius 1 is 1.44 bits per heavy atom. The summed E-state index contributed by atoms with van der Waals surface area (Å²) in [6.07, 6.45) is 5.17. The minimum Gasteiger partial charge on any atom is -0.336 e. The highest BCUT2D eigenvalue weighted by Gasteiger charge is 2.21. The van der Waals surface area contributed by atoms with Gasteiger partial charge in [-0.15, -0.1) is 6.42 Å². The van der Waals surface area contributed by atoms with Gasteiger partial charge in [-0.05, 0) is 26.0 Å². The summed E-state index contributed by atoms with van der Waals surface area (Å²) >= 11 is 0. The summed E-state index contributed by atoms with van der Waals surface area (Å²) in [7, 11) is 0. The summed E-state index contributed by atoms with van der Waals surface area (Å²) in [5.74, 6) is -0.645. The maximum Gasteiger partial charge on any atom is 0.255 e. The molecule has 0 saturated heterocycles. The van der Waals surface area contributed by atoms with E-state index in [0.29, 0.717) is 0 Å². The fourth-order valence-electron chi connectivity index (χ4n) is 1.07. The van der Waals surface area contributed by atoms with Crippen LogP contribution in [0, 0.1) is 24.0 Å². The molecule has 0 aliphatic heterocycles. The van der Waals surface area contributed by atoms with Crippen molar-refractivity contribution in [1.29, 1.82) is 0 Å². The normalized spacial score (nSPS) is 10.7. The Kier molecular flexibility index (Phi) is 3.28. The van der Waals surface area contributed by atoms with Gasteiger partial charge in [-0.1, -0.05) is 12.0 Å². The maximum atomic E-state index is 13.2. The number of rotatable bonds is 2. The quantitative estimate of drug-likeness (QED) is 0.764. The molecule has 0 unspecified atom stereocenters. The van der Waals surface area contributed by atoms with Crippen LogP contribution in [-0.4, -0.2) is 11.4 Å². The predicted molar refractivity (Wildman–Crippen MR) is 56.7 cm³/mol. The number of halogens is 2. The van der Waals surface area contributed by atoms with E-state index in [1.54, 1.807) is 13.8 Å². The molecule has 0 radical (unpaired) electrons. The Morgan fingerprint density at radius 3 is 2.62 bits per heavy atom. The molecule has 0 spiro atoms. The van der Waals surface area contributed by atoms with Crippen LogP contribution in [0.2, 0.25) is 0 Å². The molecule has 1 amide bonds. The highest BCUT2D eigenvalue weighted by Crippen LogP contribution is 2.12.